The number of urea groups is 1. The number of methoxy groups -OCH3 is 2. The number of rotatable bonds is 8. The number of pyridine rings is 1. The van der Waals surface area contributed by atoms with Crippen molar-refractivity contribution in [3.8, 4) is 11.5 Å². The highest BCUT2D eigenvalue weighted by Crippen LogP contribution is 2.31. The Kier molecular flexibility index (Phi) is 7.61. The summed E-state index contributed by atoms with van der Waals surface area (Å²) in [6.07, 6.45) is 0. The minimum atomic E-state index is -0.341. The summed E-state index contributed by atoms with van der Waals surface area (Å²) in [6.45, 7) is 1.18. The predicted molar refractivity (Wildman–Crippen MR) is 127 cm³/mol. The molecule has 0 aliphatic heterocycles. The van der Waals surface area contributed by atoms with Crippen molar-refractivity contribution in [3.63, 3.8) is 0 Å². The van der Waals surface area contributed by atoms with E-state index in [1.165, 1.54) is 7.11 Å². The van der Waals surface area contributed by atoms with Crippen molar-refractivity contribution < 1.29 is 14.3 Å². The molecule has 0 aliphatic carbocycles. The Morgan fingerprint density at radius 1 is 1.06 bits per heavy atom. The zero-order valence-electron chi connectivity index (χ0n) is 18.6. The van der Waals surface area contributed by atoms with Gasteiger partial charge >= 0.3 is 6.03 Å². The number of carbonyl (C=O) groups excluding carboxylic acids is 1. The minimum absolute atomic E-state index is 0.129. The Labute approximate surface area is 191 Å². The van der Waals surface area contributed by atoms with E-state index >= 15 is 0 Å². The van der Waals surface area contributed by atoms with Gasteiger partial charge in [0.2, 0.25) is 0 Å². The van der Waals surface area contributed by atoms with Gasteiger partial charge in [0.1, 0.15) is 0 Å². The first-order valence-corrected chi connectivity index (χ1v) is 10.4. The molecule has 0 spiro atoms. The maximum Gasteiger partial charge on any atom is 0.322 e. The summed E-state index contributed by atoms with van der Waals surface area (Å²) in [5, 5.41) is 4.05. The molecule has 1 aromatic heterocycles. The maximum absolute atomic E-state index is 13.0. The molecule has 0 aliphatic rings. The van der Waals surface area contributed by atoms with Crippen molar-refractivity contribution >= 4 is 34.2 Å². The number of benzene rings is 2. The fourth-order valence-electron chi connectivity index (χ4n) is 3.23. The minimum Gasteiger partial charge on any atom is -0.493 e. The zero-order valence-corrected chi connectivity index (χ0v) is 19.3. The molecule has 8 nitrogen and oxygen atoms in total. The van der Waals surface area contributed by atoms with Gasteiger partial charge in [0.05, 0.1) is 37.0 Å². The molecule has 3 aromatic rings. The molecule has 0 unspecified atom stereocenters. The fourth-order valence-corrected chi connectivity index (χ4v) is 3.41. The lowest BCUT2D eigenvalue weighted by Crippen LogP contribution is -2.40. The van der Waals surface area contributed by atoms with Crippen LogP contribution in [0.1, 0.15) is 5.56 Å². The number of H-pyrrole nitrogens is 1. The third-order valence-electron chi connectivity index (χ3n) is 5.01. The van der Waals surface area contributed by atoms with Crippen LogP contribution in [0.4, 0.5) is 10.5 Å². The largest absolute Gasteiger partial charge is 0.493 e. The summed E-state index contributed by atoms with van der Waals surface area (Å²) >= 11 is 6.19. The number of aromatic nitrogens is 1. The topological polar surface area (TPSA) is 86.9 Å². The summed E-state index contributed by atoms with van der Waals surface area (Å²) < 4.78 is 10.7. The van der Waals surface area contributed by atoms with Crippen molar-refractivity contribution in [2.24, 2.45) is 0 Å². The van der Waals surface area contributed by atoms with Crippen LogP contribution in [0.25, 0.3) is 10.9 Å². The van der Waals surface area contributed by atoms with E-state index in [0.717, 1.165) is 5.39 Å². The van der Waals surface area contributed by atoms with E-state index in [-0.39, 0.29) is 18.1 Å². The molecule has 0 saturated carbocycles. The van der Waals surface area contributed by atoms with Crippen LogP contribution in [-0.4, -0.2) is 62.2 Å². The van der Waals surface area contributed by atoms with E-state index in [2.05, 4.69) is 10.3 Å². The highest BCUT2D eigenvalue weighted by atomic mass is 35.5. The molecule has 9 heteroatoms. The van der Waals surface area contributed by atoms with Gasteiger partial charge in [0.25, 0.3) is 5.56 Å². The molecule has 170 valence electrons. The first-order chi connectivity index (χ1) is 15.3. The van der Waals surface area contributed by atoms with Crippen molar-refractivity contribution in [2.45, 2.75) is 6.54 Å². The van der Waals surface area contributed by atoms with Crippen molar-refractivity contribution in [1.82, 2.24) is 14.8 Å². The first kappa shape index (κ1) is 23.4. The maximum atomic E-state index is 13.0. The Hall–Kier alpha value is -3.23. The normalized spacial score (nSPS) is 10.9. The Bertz CT molecular complexity index is 1160. The lowest BCUT2D eigenvalue weighted by Gasteiger charge is -2.25. The van der Waals surface area contributed by atoms with Crippen LogP contribution >= 0.6 is 11.6 Å². The number of para-hydroxylation sites is 1. The molecule has 2 amide bonds. The SMILES string of the molecule is COc1cc2cc(CN(CCN(C)C)C(=O)Nc3ccccc3Cl)c(=O)[nH]c2cc1OC. The molecule has 32 heavy (non-hydrogen) atoms. The van der Waals surface area contributed by atoms with E-state index in [1.807, 2.05) is 19.0 Å². The number of carbonyl (C=O) groups is 1. The summed E-state index contributed by atoms with van der Waals surface area (Å²) in [7, 11) is 6.94. The molecule has 2 N–H and O–H groups in total. The quantitative estimate of drug-likeness (QED) is 0.536. The average molecular weight is 459 g/mol. The molecule has 0 bridgehead atoms. The third kappa shape index (κ3) is 5.52. The van der Waals surface area contributed by atoms with Gasteiger partial charge in [-0.25, -0.2) is 4.79 Å². The van der Waals surface area contributed by atoms with Crippen LogP contribution < -0.4 is 20.3 Å². The second-order valence-electron chi connectivity index (χ2n) is 7.55. The van der Waals surface area contributed by atoms with Crippen molar-refractivity contribution in [2.75, 3.05) is 46.7 Å². The molecule has 0 atom stereocenters. The van der Waals surface area contributed by atoms with E-state index in [4.69, 9.17) is 21.1 Å². The summed E-state index contributed by atoms with van der Waals surface area (Å²) in [5.41, 5.74) is 1.32. The molecular weight excluding hydrogens is 432 g/mol. The summed E-state index contributed by atoms with van der Waals surface area (Å²) in [5.74, 6) is 1.08. The fraction of sp³-hybridized carbons (Fsp3) is 0.304. The Morgan fingerprint density at radius 2 is 1.75 bits per heavy atom. The lowest BCUT2D eigenvalue weighted by molar-refractivity contribution is 0.202. The average Bonchev–Trinajstić information content (AvgIpc) is 2.77. The van der Waals surface area contributed by atoms with Crippen LogP contribution in [-0.2, 0) is 6.54 Å². The van der Waals surface area contributed by atoms with E-state index < -0.39 is 0 Å². The third-order valence-corrected chi connectivity index (χ3v) is 5.34. The smallest absolute Gasteiger partial charge is 0.322 e. The number of nitrogens with zero attached hydrogens (tertiary/aromatic N) is 2. The van der Waals surface area contributed by atoms with Crippen LogP contribution in [0.3, 0.4) is 0 Å². The zero-order chi connectivity index (χ0) is 23.3. The van der Waals surface area contributed by atoms with Gasteiger partial charge < -0.3 is 29.6 Å². The number of nitrogens with one attached hydrogen (secondary N) is 2. The van der Waals surface area contributed by atoms with E-state index in [0.29, 0.717) is 46.4 Å². The highest BCUT2D eigenvalue weighted by molar-refractivity contribution is 6.33. The van der Waals surface area contributed by atoms with Gasteiger partial charge in [0, 0.05) is 30.1 Å². The van der Waals surface area contributed by atoms with E-state index in [1.54, 1.807) is 54.5 Å². The molecule has 1 heterocycles. The molecule has 0 saturated heterocycles. The number of ether oxygens (including phenoxy) is 2. The first-order valence-electron chi connectivity index (χ1n) is 10.1. The van der Waals surface area contributed by atoms with Crippen molar-refractivity contribution in [3.05, 3.63) is 63.4 Å². The number of amides is 2. The van der Waals surface area contributed by atoms with Gasteiger partial charge in [0.15, 0.2) is 11.5 Å². The van der Waals surface area contributed by atoms with Gasteiger partial charge in [-0.15, -0.1) is 0 Å². The number of halogens is 1. The molecule has 0 radical (unpaired) electrons. The molecule has 2 aromatic carbocycles. The van der Waals surface area contributed by atoms with Crippen LogP contribution in [0.2, 0.25) is 5.02 Å². The number of aromatic amines is 1. The predicted octanol–water partition coefficient (Wildman–Crippen LogP) is 3.79. The van der Waals surface area contributed by atoms with Crippen molar-refractivity contribution in [1.29, 1.82) is 0 Å². The number of fused-ring (bicyclic) bond motifs is 1. The Morgan fingerprint density at radius 3 is 2.41 bits per heavy atom. The lowest BCUT2D eigenvalue weighted by atomic mass is 10.1. The number of hydrogen-bond acceptors (Lipinski definition) is 5. The van der Waals surface area contributed by atoms with Gasteiger partial charge in [-0.05, 0) is 38.4 Å². The van der Waals surface area contributed by atoms with Crippen LogP contribution in [0.5, 0.6) is 11.5 Å². The number of anilines is 1. The number of hydrogen-bond donors (Lipinski definition) is 2. The van der Waals surface area contributed by atoms with E-state index in [9.17, 15) is 9.59 Å². The molecule has 0 fully saturated rings. The standard InChI is InChI=1S/C23H27ClN4O4/c1-27(2)9-10-28(23(30)26-18-8-6-5-7-17(18)24)14-16-11-15-12-20(31-3)21(32-4)13-19(15)25-22(16)29/h5-8,11-13H,9-10,14H2,1-4H3,(H,25,29)(H,26,30). The van der Waals surface area contributed by atoms with Crippen LogP contribution in [0.15, 0.2) is 47.3 Å². The van der Waals surface area contributed by atoms with Crippen LogP contribution in [0, 0.1) is 0 Å². The monoisotopic (exact) mass is 458 g/mol. The van der Waals surface area contributed by atoms with Gasteiger partial charge in [-0.1, -0.05) is 23.7 Å². The summed E-state index contributed by atoms with van der Waals surface area (Å²) in [4.78, 5) is 32.2. The summed E-state index contributed by atoms with van der Waals surface area (Å²) in [6, 6.07) is 12.0. The molecule has 3 rings (SSSR count). The van der Waals surface area contributed by atoms with Gasteiger partial charge in [-0.2, -0.15) is 0 Å². The molecular formula is C23H27ClN4O4. The Balaban J connectivity index is 1.92. The van der Waals surface area contributed by atoms with Gasteiger partial charge in [-0.3, -0.25) is 4.79 Å². The highest BCUT2D eigenvalue weighted by Gasteiger charge is 2.18. The number of likely N-dealkylation sites (N-methyl/N-ethyl adjacent to an activating group) is 1. The second-order valence-corrected chi connectivity index (χ2v) is 7.96. The second kappa shape index (κ2) is 10.4.